The molecule has 7 heteroatoms. The number of benzene rings is 1. The number of hydrogen-bond donors (Lipinski definition) is 0. The van der Waals surface area contributed by atoms with E-state index >= 15 is 0 Å². The highest BCUT2D eigenvalue weighted by atomic mass is 19.3. The van der Waals surface area contributed by atoms with Crippen LogP contribution in [-0.2, 0) is 0 Å². The normalized spacial score (nSPS) is 11.1. The molecular weight excluding hydrogens is 210 g/mol. The number of rotatable bonds is 2. The first-order valence-electron chi connectivity index (χ1n) is 3.91. The molecule has 0 radical (unpaired) electrons. The van der Waals surface area contributed by atoms with Gasteiger partial charge in [-0.25, -0.2) is 4.98 Å². The molecule has 2 aromatic rings. The van der Waals surface area contributed by atoms with Crippen molar-refractivity contribution in [2.75, 3.05) is 0 Å². The monoisotopic (exact) mass is 214 g/mol. The third-order valence-electron chi connectivity index (χ3n) is 1.79. The number of nitro groups is 1. The van der Waals surface area contributed by atoms with Crippen LogP contribution in [0.4, 0.5) is 14.5 Å². The third kappa shape index (κ3) is 1.63. The van der Waals surface area contributed by atoms with Crippen molar-refractivity contribution in [3.05, 3.63) is 34.2 Å². The molecule has 78 valence electrons. The summed E-state index contributed by atoms with van der Waals surface area (Å²) in [4.78, 5) is 13.2. The van der Waals surface area contributed by atoms with Gasteiger partial charge in [0.2, 0.25) is 0 Å². The van der Waals surface area contributed by atoms with E-state index in [0.717, 1.165) is 6.07 Å². The summed E-state index contributed by atoms with van der Waals surface area (Å²) in [6.45, 7) is 0. The molecule has 0 fully saturated rings. The maximum atomic E-state index is 12.2. The van der Waals surface area contributed by atoms with Crippen LogP contribution in [0.3, 0.4) is 0 Å². The van der Waals surface area contributed by atoms with Gasteiger partial charge in [0.15, 0.2) is 5.58 Å². The second-order valence-corrected chi connectivity index (χ2v) is 2.76. The van der Waals surface area contributed by atoms with Gasteiger partial charge in [0, 0.05) is 6.07 Å². The van der Waals surface area contributed by atoms with Crippen molar-refractivity contribution < 1.29 is 18.1 Å². The van der Waals surface area contributed by atoms with Gasteiger partial charge in [-0.05, 0) is 6.07 Å². The number of oxazole rings is 1. The van der Waals surface area contributed by atoms with Crippen molar-refractivity contribution in [3.63, 3.8) is 0 Å². The van der Waals surface area contributed by atoms with Crippen LogP contribution in [0.5, 0.6) is 0 Å². The van der Waals surface area contributed by atoms with Crippen LogP contribution >= 0.6 is 0 Å². The Balaban J connectivity index is 2.57. The van der Waals surface area contributed by atoms with Crippen LogP contribution in [0.2, 0.25) is 0 Å². The fourth-order valence-electron chi connectivity index (χ4n) is 1.14. The number of nitro benzene ring substituents is 1. The van der Waals surface area contributed by atoms with E-state index in [1.807, 2.05) is 0 Å². The first-order chi connectivity index (χ1) is 7.08. The molecule has 0 amide bonds. The molecule has 0 N–H and O–H groups in total. The minimum atomic E-state index is -2.82. The molecule has 0 aliphatic heterocycles. The second-order valence-electron chi connectivity index (χ2n) is 2.76. The number of halogens is 2. The molecular formula is C8H4F2N2O3. The lowest BCUT2D eigenvalue weighted by Gasteiger charge is -1.88. The summed E-state index contributed by atoms with van der Waals surface area (Å²) in [6, 6.07) is 3.51. The zero-order valence-corrected chi connectivity index (χ0v) is 7.18. The lowest BCUT2D eigenvalue weighted by Crippen LogP contribution is -1.86. The Morgan fingerprint density at radius 1 is 1.47 bits per heavy atom. The van der Waals surface area contributed by atoms with E-state index in [1.165, 1.54) is 12.1 Å². The zero-order valence-electron chi connectivity index (χ0n) is 7.18. The standard InChI is InChI=1S/C8H4F2N2O3/c9-7(10)8-11-5-2-1-4(12(13)14)3-6(5)15-8/h1-3,7H. The van der Waals surface area contributed by atoms with Crippen molar-refractivity contribution in [2.45, 2.75) is 6.43 Å². The predicted octanol–water partition coefficient (Wildman–Crippen LogP) is 2.67. The SMILES string of the molecule is O=[N+]([O-])c1ccc2nc(C(F)F)oc2c1. The summed E-state index contributed by atoms with van der Waals surface area (Å²) in [5.74, 6) is -0.731. The summed E-state index contributed by atoms with van der Waals surface area (Å²) in [6.07, 6.45) is -2.82. The van der Waals surface area contributed by atoms with E-state index in [9.17, 15) is 18.9 Å². The quantitative estimate of drug-likeness (QED) is 0.569. The lowest BCUT2D eigenvalue weighted by atomic mass is 10.3. The third-order valence-corrected chi connectivity index (χ3v) is 1.79. The van der Waals surface area contributed by atoms with Crippen LogP contribution < -0.4 is 0 Å². The van der Waals surface area contributed by atoms with E-state index in [2.05, 4.69) is 9.40 Å². The average molecular weight is 214 g/mol. The molecule has 0 spiro atoms. The van der Waals surface area contributed by atoms with E-state index in [1.54, 1.807) is 0 Å². The van der Waals surface area contributed by atoms with Crippen molar-refractivity contribution in [3.8, 4) is 0 Å². The summed E-state index contributed by atoms with van der Waals surface area (Å²) < 4.78 is 29.0. The first kappa shape index (κ1) is 9.50. The highest BCUT2D eigenvalue weighted by Gasteiger charge is 2.17. The number of alkyl halides is 2. The first-order valence-corrected chi connectivity index (χ1v) is 3.91. The lowest BCUT2D eigenvalue weighted by molar-refractivity contribution is -0.384. The molecule has 0 saturated heterocycles. The number of fused-ring (bicyclic) bond motifs is 1. The van der Waals surface area contributed by atoms with Gasteiger partial charge in [0.25, 0.3) is 11.6 Å². The Labute approximate surface area is 81.5 Å². The van der Waals surface area contributed by atoms with Crippen LogP contribution in [0.25, 0.3) is 11.1 Å². The minimum absolute atomic E-state index is 0.0144. The van der Waals surface area contributed by atoms with Gasteiger partial charge in [-0.15, -0.1) is 0 Å². The summed E-state index contributed by atoms with van der Waals surface area (Å²) in [5, 5.41) is 10.4. The molecule has 2 rings (SSSR count). The van der Waals surface area contributed by atoms with Crippen molar-refractivity contribution in [1.82, 2.24) is 4.98 Å². The Morgan fingerprint density at radius 2 is 2.20 bits per heavy atom. The fourth-order valence-corrected chi connectivity index (χ4v) is 1.14. The van der Waals surface area contributed by atoms with E-state index < -0.39 is 17.2 Å². The molecule has 0 aliphatic rings. The van der Waals surface area contributed by atoms with Crippen molar-refractivity contribution in [2.24, 2.45) is 0 Å². The molecule has 0 unspecified atom stereocenters. The average Bonchev–Trinajstić information content (AvgIpc) is 2.59. The summed E-state index contributed by atoms with van der Waals surface area (Å²) in [5.41, 5.74) is -0.0603. The van der Waals surface area contributed by atoms with Gasteiger partial charge in [0.05, 0.1) is 11.0 Å². The Bertz CT molecular complexity index is 524. The molecule has 0 atom stereocenters. The van der Waals surface area contributed by atoms with Gasteiger partial charge in [-0.3, -0.25) is 10.1 Å². The van der Waals surface area contributed by atoms with Gasteiger partial charge in [-0.2, -0.15) is 8.78 Å². The van der Waals surface area contributed by atoms with Crippen molar-refractivity contribution in [1.29, 1.82) is 0 Å². The predicted molar refractivity (Wildman–Crippen MR) is 45.6 cm³/mol. The highest BCUT2D eigenvalue weighted by Crippen LogP contribution is 2.26. The molecule has 1 aromatic carbocycles. The molecule has 0 bridgehead atoms. The van der Waals surface area contributed by atoms with Crippen LogP contribution in [0.1, 0.15) is 12.3 Å². The van der Waals surface area contributed by atoms with Gasteiger partial charge < -0.3 is 4.42 Å². The zero-order chi connectivity index (χ0) is 11.0. The number of nitrogens with zero attached hydrogens (tertiary/aromatic N) is 2. The Kier molecular flexibility index (Phi) is 2.07. The van der Waals surface area contributed by atoms with E-state index in [4.69, 9.17) is 0 Å². The van der Waals surface area contributed by atoms with Crippen LogP contribution in [-0.4, -0.2) is 9.91 Å². The maximum Gasteiger partial charge on any atom is 0.313 e. The molecule has 15 heavy (non-hydrogen) atoms. The Morgan fingerprint density at radius 3 is 2.80 bits per heavy atom. The summed E-state index contributed by atoms with van der Waals surface area (Å²) in [7, 11) is 0. The number of aromatic nitrogens is 1. The molecule has 0 saturated carbocycles. The minimum Gasteiger partial charge on any atom is -0.435 e. The van der Waals surface area contributed by atoms with E-state index in [-0.39, 0.29) is 16.8 Å². The van der Waals surface area contributed by atoms with Crippen LogP contribution in [0.15, 0.2) is 22.6 Å². The van der Waals surface area contributed by atoms with Gasteiger partial charge in [0.1, 0.15) is 5.52 Å². The van der Waals surface area contributed by atoms with Crippen molar-refractivity contribution >= 4 is 16.8 Å². The fraction of sp³-hybridized carbons (Fsp3) is 0.125. The van der Waals surface area contributed by atoms with Gasteiger partial charge >= 0.3 is 6.43 Å². The number of hydrogen-bond acceptors (Lipinski definition) is 4. The second kappa shape index (κ2) is 3.26. The van der Waals surface area contributed by atoms with E-state index in [0.29, 0.717) is 0 Å². The smallest absolute Gasteiger partial charge is 0.313 e. The van der Waals surface area contributed by atoms with Gasteiger partial charge in [-0.1, -0.05) is 0 Å². The van der Waals surface area contributed by atoms with Crippen LogP contribution in [0, 0.1) is 10.1 Å². The maximum absolute atomic E-state index is 12.2. The Hall–Kier alpha value is -2.05. The molecule has 5 nitrogen and oxygen atoms in total. The molecule has 0 aliphatic carbocycles. The summed E-state index contributed by atoms with van der Waals surface area (Å²) >= 11 is 0. The molecule has 1 aromatic heterocycles. The largest absolute Gasteiger partial charge is 0.435 e. The number of non-ortho nitro benzene ring substituents is 1. The molecule has 1 heterocycles. The highest BCUT2D eigenvalue weighted by molar-refractivity contribution is 5.75. The topological polar surface area (TPSA) is 69.2 Å².